The van der Waals surface area contributed by atoms with Crippen molar-refractivity contribution in [2.24, 2.45) is 0 Å². The zero-order valence-corrected chi connectivity index (χ0v) is 11.0. The molecule has 5 heteroatoms. The number of aliphatic carboxylic acids is 1. The Kier molecular flexibility index (Phi) is 3.43. The summed E-state index contributed by atoms with van der Waals surface area (Å²) in [6, 6.07) is 7.79. The van der Waals surface area contributed by atoms with E-state index in [-0.39, 0.29) is 18.1 Å². The van der Waals surface area contributed by atoms with Crippen LogP contribution in [0.25, 0.3) is 0 Å². The van der Waals surface area contributed by atoms with Crippen molar-refractivity contribution in [3.05, 3.63) is 35.4 Å². The van der Waals surface area contributed by atoms with Crippen molar-refractivity contribution >= 4 is 15.8 Å². The minimum atomic E-state index is -3.34. The van der Waals surface area contributed by atoms with Crippen molar-refractivity contribution in [2.45, 2.75) is 30.9 Å². The molecule has 2 atom stereocenters. The lowest BCUT2D eigenvalue weighted by Crippen LogP contribution is -2.31. The van der Waals surface area contributed by atoms with E-state index in [0.29, 0.717) is 0 Å². The molecule has 0 aliphatic heterocycles. The Balaban J connectivity index is 2.05. The van der Waals surface area contributed by atoms with Crippen LogP contribution in [-0.4, -0.2) is 30.5 Å². The summed E-state index contributed by atoms with van der Waals surface area (Å²) in [5, 5.41) is 7.83. The average molecular weight is 268 g/mol. The normalized spacial score (nSPS) is 19.7. The molecule has 0 bridgehead atoms. The maximum absolute atomic E-state index is 12.0. The highest BCUT2D eigenvalue weighted by molar-refractivity contribution is 7.92. The molecule has 0 radical (unpaired) electrons. The molecule has 2 unspecified atom stereocenters. The zero-order chi connectivity index (χ0) is 13.3. The summed E-state index contributed by atoms with van der Waals surface area (Å²) in [5.74, 6) is -0.985. The molecule has 0 fully saturated rings. The molecule has 1 aliphatic carbocycles. The summed E-state index contributed by atoms with van der Waals surface area (Å²) < 4.78 is 24.0. The predicted molar refractivity (Wildman–Crippen MR) is 68.4 cm³/mol. The van der Waals surface area contributed by atoms with Crippen LogP contribution in [0, 0.1) is 0 Å². The fraction of sp³-hybridized carbons (Fsp3) is 0.462. The van der Waals surface area contributed by atoms with Crippen molar-refractivity contribution in [3.8, 4) is 0 Å². The van der Waals surface area contributed by atoms with Crippen LogP contribution < -0.4 is 0 Å². The van der Waals surface area contributed by atoms with E-state index >= 15 is 0 Å². The standard InChI is InChI=1S/C13H16O4S/c1-9(6-13(14)15)18(16,17)8-11-7-10-4-2-3-5-12(10)11/h2-5,9,11H,6-8H2,1H3,(H,14,15). The van der Waals surface area contributed by atoms with Gasteiger partial charge in [0, 0.05) is 5.92 Å². The Morgan fingerprint density at radius 3 is 2.72 bits per heavy atom. The molecule has 1 aromatic rings. The van der Waals surface area contributed by atoms with Gasteiger partial charge in [-0.2, -0.15) is 0 Å². The van der Waals surface area contributed by atoms with E-state index in [1.54, 1.807) is 0 Å². The Morgan fingerprint density at radius 2 is 2.11 bits per heavy atom. The minimum Gasteiger partial charge on any atom is -0.481 e. The number of carboxylic acids is 1. The first-order valence-corrected chi connectivity index (χ1v) is 7.63. The van der Waals surface area contributed by atoms with Gasteiger partial charge < -0.3 is 5.11 Å². The van der Waals surface area contributed by atoms with Gasteiger partial charge in [-0.1, -0.05) is 24.3 Å². The lowest BCUT2D eigenvalue weighted by molar-refractivity contribution is -0.136. The highest BCUT2D eigenvalue weighted by atomic mass is 32.2. The fourth-order valence-electron chi connectivity index (χ4n) is 2.33. The van der Waals surface area contributed by atoms with Gasteiger partial charge in [0.15, 0.2) is 9.84 Å². The quantitative estimate of drug-likeness (QED) is 0.880. The van der Waals surface area contributed by atoms with Crippen LogP contribution in [0.1, 0.15) is 30.4 Å². The summed E-state index contributed by atoms with van der Waals surface area (Å²) >= 11 is 0. The first-order chi connectivity index (χ1) is 8.40. The van der Waals surface area contributed by atoms with Crippen LogP contribution in [0.4, 0.5) is 0 Å². The monoisotopic (exact) mass is 268 g/mol. The second-order valence-electron chi connectivity index (χ2n) is 4.84. The Bertz CT molecular complexity index is 562. The van der Waals surface area contributed by atoms with Gasteiger partial charge >= 0.3 is 5.97 Å². The van der Waals surface area contributed by atoms with E-state index in [2.05, 4.69) is 0 Å². The molecule has 0 saturated heterocycles. The van der Waals surface area contributed by atoms with Crippen molar-refractivity contribution in [1.29, 1.82) is 0 Å². The molecule has 1 N–H and O–H groups in total. The minimum absolute atomic E-state index is 0.0300. The molecule has 0 amide bonds. The van der Waals surface area contributed by atoms with Crippen molar-refractivity contribution in [1.82, 2.24) is 0 Å². The van der Waals surface area contributed by atoms with Crippen molar-refractivity contribution < 1.29 is 18.3 Å². The number of sulfone groups is 1. The summed E-state index contributed by atoms with van der Waals surface area (Å²) in [4.78, 5) is 10.6. The van der Waals surface area contributed by atoms with Crippen LogP contribution in [0.5, 0.6) is 0 Å². The van der Waals surface area contributed by atoms with E-state index in [1.807, 2.05) is 24.3 Å². The van der Waals surface area contributed by atoms with E-state index in [0.717, 1.165) is 12.0 Å². The largest absolute Gasteiger partial charge is 0.481 e. The maximum Gasteiger partial charge on any atom is 0.304 e. The highest BCUT2D eigenvalue weighted by Gasteiger charge is 2.33. The van der Waals surface area contributed by atoms with Gasteiger partial charge in [0.05, 0.1) is 17.4 Å². The summed E-state index contributed by atoms with van der Waals surface area (Å²) in [5.41, 5.74) is 2.28. The molecule has 0 aromatic heterocycles. The van der Waals surface area contributed by atoms with Crippen LogP contribution in [0.3, 0.4) is 0 Å². The summed E-state index contributed by atoms with van der Waals surface area (Å²) in [7, 11) is -3.34. The number of fused-ring (bicyclic) bond motifs is 1. The summed E-state index contributed by atoms with van der Waals surface area (Å²) in [6.45, 7) is 1.47. The molecule has 98 valence electrons. The third kappa shape index (κ3) is 2.56. The number of rotatable bonds is 5. The number of carboxylic acid groups (broad SMARTS) is 1. The Morgan fingerprint density at radius 1 is 1.44 bits per heavy atom. The van der Waals surface area contributed by atoms with Gasteiger partial charge in [-0.25, -0.2) is 8.42 Å². The zero-order valence-electron chi connectivity index (χ0n) is 10.2. The molecule has 1 aliphatic rings. The topological polar surface area (TPSA) is 71.4 Å². The molecular weight excluding hydrogens is 252 g/mol. The smallest absolute Gasteiger partial charge is 0.304 e. The molecule has 4 nitrogen and oxygen atoms in total. The van der Waals surface area contributed by atoms with Crippen molar-refractivity contribution in [2.75, 3.05) is 5.75 Å². The molecule has 18 heavy (non-hydrogen) atoms. The van der Waals surface area contributed by atoms with Gasteiger partial charge in [-0.05, 0) is 24.5 Å². The SMILES string of the molecule is CC(CC(=O)O)S(=O)(=O)CC1Cc2ccccc21. The Hall–Kier alpha value is -1.36. The third-order valence-corrected chi connectivity index (χ3v) is 5.73. The third-order valence-electron chi connectivity index (χ3n) is 3.47. The molecule has 2 rings (SSSR count). The lowest BCUT2D eigenvalue weighted by Gasteiger charge is -2.30. The van der Waals surface area contributed by atoms with Gasteiger partial charge in [0.1, 0.15) is 0 Å². The van der Waals surface area contributed by atoms with Gasteiger partial charge in [0.25, 0.3) is 0 Å². The number of benzene rings is 1. The predicted octanol–water partition coefficient (Wildman–Crippen LogP) is 1.60. The van der Waals surface area contributed by atoms with Crippen LogP contribution in [-0.2, 0) is 21.1 Å². The van der Waals surface area contributed by atoms with Gasteiger partial charge in [-0.15, -0.1) is 0 Å². The van der Waals surface area contributed by atoms with Crippen LogP contribution in [0.2, 0.25) is 0 Å². The van der Waals surface area contributed by atoms with Crippen LogP contribution >= 0.6 is 0 Å². The second-order valence-corrected chi connectivity index (χ2v) is 7.30. The maximum atomic E-state index is 12.0. The molecule has 0 spiro atoms. The second kappa shape index (κ2) is 4.72. The summed E-state index contributed by atoms with van der Waals surface area (Å²) in [6.07, 6.45) is 0.450. The Labute approximate surface area is 107 Å². The fourth-order valence-corrected chi connectivity index (χ4v) is 3.91. The molecular formula is C13H16O4S. The first-order valence-electron chi connectivity index (χ1n) is 5.91. The van der Waals surface area contributed by atoms with E-state index in [4.69, 9.17) is 5.11 Å². The first kappa shape index (κ1) is 13.1. The number of hydrogen-bond donors (Lipinski definition) is 1. The number of carbonyl (C=O) groups is 1. The molecule has 1 aromatic carbocycles. The number of hydrogen-bond acceptors (Lipinski definition) is 3. The van der Waals surface area contributed by atoms with Gasteiger partial charge in [-0.3, -0.25) is 4.79 Å². The van der Waals surface area contributed by atoms with E-state index in [1.165, 1.54) is 12.5 Å². The van der Waals surface area contributed by atoms with E-state index < -0.39 is 21.1 Å². The van der Waals surface area contributed by atoms with Gasteiger partial charge in [0.2, 0.25) is 0 Å². The van der Waals surface area contributed by atoms with Crippen LogP contribution in [0.15, 0.2) is 24.3 Å². The highest BCUT2D eigenvalue weighted by Crippen LogP contribution is 2.36. The lowest BCUT2D eigenvalue weighted by atomic mass is 9.79. The van der Waals surface area contributed by atoms with E-state index in [9.17, 15) is 13.2 Å². The molecule has 0 heterocycles. The molecule has 0 saturated carbocycles. The average Bonchev–Trinajstić information content (AvgIpc) is 2.25. The van der Waals surface area contributed by atoms with Crippen molar-refractivity contribution in [3.63, 3.8) is 0 Å².